The molecule has 25 heavy (non-hydrogen) atoms. The predicted molar refractivity (Wildman–Crippen MR) is 89.2 cm³/mol. The third-order valence-electron chi connectivity index (χ3n) is 4.18. The van der Waals surface area contributed by atoms with Gasteiger partial charge >= 0.3 is 5.97 Å². The first-order valence-electron chi connectivity index (χ1n) is 8.20. The van der Waals surface area contributed by atoms with Crippen LogP contribution in [0.3, 0.4) is 0 Å². The molecule has 132 valence electrons. The summed E-state index contributed by atoms with van der Waals surface area (Å²) in [6.45, 7) is 2.72. The number of anilines is 1. The second-order valence-electron chi connectivity index (χ2n) is 6.10. The molecule has 1 amide bonds. The zero-order valence-corrected chi connectivity index (χ0v) is 13.9. The summed E-state index contributed by atoms with van der Waals surface area (Å²) in [7, 11) is 0. The third-order valence-corrected chi connectivity index (χ3v) is 4.18. The van der Waals surface area contributed by atoms with E-state index in [9.17, 15) is 9.59 Å². The lowest BCUT2D eigenvalue weighted by atomic mass is 10.0. The van der Waals surface area contributed by atoms with E-state index in [2.05, 4.69) is 15.5 Å². The van der Waals surface area contributed by atoms with Crippen molar-refractivity contribution in [3.05, 3.63) is 41.5 Å². The van der Waals surface area contributed by atoms with Crippen LogP contribution in [-0.2, 0) is 4.79 Å². The Balaban J connectivity index is 1.66. The number of benzene rings is 1. The Kier molecular flexibility index (Phi) is 5.08. The number of carbonyl (C=O) groups excluding carboxylic acids is 1. The number of hydrogen-bond acceptors (Lipinski definition) is 6. The second-order valence-corrected chi connectivity index (χ2v) is 6.10. The fourth-order valence-corrected chi connectivity index (χ4v) is 3.02. The van der Waals surface area contributed by atoms with Gasteiger partial charge in [-0.3, -0.25) is 9.69 Å². The van der Waals surface area contributed by atoms with Gasteiger partial charge in [-0.1, -0.05) is 17.6 Å². The molecule has 0 spiro atoms. The Morgan fingerprint density at radius 1 is 1.40 bits per heavy atom. The first-order chi connectivity index (χ1) is 12.0. The standard InChI is InChI=1S/C17H20N4O4/c1-11-18-16(25-20-11)14-7-2-3-8-21(14)10-15(22)19-13-6-4-5-12(9-13)17(23)24/h4-6,9,14H,2-3,7-8,10H2,1H3,(H,19,22)(H,23,24)/t14-/m0/s1. The number of aromatic nitrogens is 2. The molecule has 0 saturated carbocycles. The highest BCUT2D eigenvalue weighted by molar-refractivity contribution is 5.94. The van der Waals surface area contributed by atoms with Crippen LogP contribution in [0.4, 0.5) is 5.69 Å². The van der Waals surface area contributed by atoms with Crippen molar-refractivity contribution in [2.75, 3.05) is 18.4 Å². The van der Waals surface area contributed by atoms with Crippen LogP contribution in [0.15, 0.2) is 28.8 Å². The second kappa shape index (κ2) is 7.43. The zero-order valence-electron chi connectivity index (χ0n) is 13.9. The first kappa shape index (κ1) is 17.1. The molecule has 0 bridgehead atoms. The normalized spacial score (nSPS) is 18.0. The molecule has 1 aromatic heterocycles. The maximum atomic E-state index is 12.4. The Morgan fingerprint density at radius 2 is 2.24 bits per heavy atom. The Morgan fingerprint density at radius 3 is 2.96 bits per heavy atom. The van der Waals surface area contributed by atoms with Crippen LogP contribution in [-0.4, -0.2) is 45.1 Å². The summed E-state index contributed by atoms with van der Waals surface area (Å²) < 4.78 is 5.28. The molecule has 0 unspecified atom stereocenters. The Labute approximate surface area is 144 Å². The highest BCUT2D eigenvalue weighted by Gasteiger charge is 2.29. The number of rotatable bonds is 5. The molecule has 8 heteroatoms. The number of likely N-dealkylation sites (tertiary alicyclic amines) is 1. The molecule has 1 aromatic carbocycles. The summed E-state index contributed by atoms with van der Waals surface area (Å²) in [4.78, 5) is 29.7. The van der Waals surface area contributed by atoms with Crippen molar-refractivity contribution in [3.63, 3.8) is 0 Å². The predicted octanol–water partition coefficient (Wildman–Crippen LogP) is 2.24. The van der Waals surface area contributed by atoms with Gasteiger partial charge in [-0.15, -0.1) is 0 Å². The SMILES string of the molecule is Cc1noc([C@@H]2CCCCN2CC(=O)Nc2cccc(C(=O)O)c2)n1. The summed E-state index contributed by atoms with van der Waals surface area (Å²) in [6.07, 6.45) is 2.92. The molecule has 2 heterocycles. The van der Waals surface area contributed by atoms with Crippen molar-refractivity contribution in [2.45, 2.75) is 32.2 Å². The quantitative estimate of drug-likeness (QED) is 0.856. The molecule has 1 atom stereocenters. The molecule has 1 fully saturated rings. The highest BCUT2D eigenvalue weighted by Crippen LogP contribution is 2.29. The average molecular weight is 344 g/mol. The number of aryl methyl sites for hydroxylation is 1. The van der Waals surface area contributed by atoms with Gasteiger partial charge in [-0.25, -0.2) is 4.79 Å². The van der Waals surface area contributed by atoms with Crippen LogP contribution in [0.1, 0.15) is 47.4 Å². The van der Waals surface area contributed by atoms with Crippen molar-refractivity contribution in [1.29, 1.82) is 0 Å². The lowest BCUT2D eigenvalue weighted by Crippen LogP contribution is -2.39. The van der Waals surface area contributed by atoms with E-state index in [1.807, 2.05) is 4.90 Å². The van der Waals surface area contributed by atoms with Crippen molar-refractivity contribution < 1.29 is 19.2 Å². The molecule has 1 aliphatic heterocycles. The van der Waals surface area contributed by atoms with Gasteiger partial charge in [0.25, 0.3) is 0 Å². The van der Waals surface area contributed by atoms with E-state index in [-0.39, 0.29) is 24.1 Å². The average Bonchev–Trinajstić information content (AvgIpc) is 3.01. The monoisotopic (exact) mass is 344 g/mol. The van der Waals surface area contributed by atoms with Crippen LogP contribution in [0, 0.1) is 6.92 Å². The van der Waals surface area contributed by atoms with Crippen LogP contribution in [0.25, 0.3) is 0 Å². The summed E-state index contributed by atoms with van der Waals surface area (Å²) in [6, 6.07) is 6.13. The number of piperidine rings is 1. The lowest BCUT2D eigenvalue weighted by Gasteiger charge is -2.32. The zero-order chi connectivity index (χ0) is 17.8. The molecular formula is C17H20N4O4. The summed E-state index contributed by atoms with van der Waals surface area (Å²) >= 11 is 0. The van der Waals surface area contributed by atoms with E-state index in [1.165, 1.54) is 12.1 Å². The smallest absolute Gasteiger partial charge is 0.335 e. The van der Waals surface area contributed by atoms with Gasteiger partial charge in [-0.2, -0.15) is 4.98 Å². The van der Waals surface area contributed by atoms with Gasteiger partial charge in [0.1, 0.15) is 0 Å². The largest absolute Gasteiger partial charge is 0.478 e. The van der Waals surface area contributed by atoms with Crippen molar-refractivity contribution >= 4 is 17.6 Å². The van der Waals surface area contributed by atoms with Gasteiger partial charge in [0, 0.05) is 5.69 Å². The minimum Gasteiger partial charge on any atom is -0.478 e. The fourth-order valence-electron chi connectivity index (χ4n) is 3.02. The molecule has 8 nitrogen and oxygen atoms in total. The number of hydrogen-bond donors (Lipinski definition) is 2. The fraction of sp³-hybridized carbons (Fsp3) is 0.412. The maximum Gasteiger partial charge on any atom is 0.335 e. The Hall–Kier alpha value is -2.74. The highest BCUT2D eigenvalue weighted by atomic mass is 16.5. The van der Waals surface area contributed by atoms with Gasteiger partial charge in [-0.05, 0) is 44.5 Å². The van der Waals surface area contributed by atoms with Gasteiger partial charge in [0.2, 0.25) is 11.8 Å². The molecule has 2 aromatic rings. The van der Waals surface area contributed by atoms with E-state index in [0.29, 0.717) is 17.4 Å². The van der Waals surface area contributed by atoms with Gasteiger partial charge in [0.15, 0.2) is 5.82 Å². The number of carboxylic acids is 1. The summed E-state index contributed by atoms with van der Waals surface area (Å²) in [5.74, 6) is -0.113. The van der Waals surface area contributed by atoms with E-state index in [0.717, 1.165) is 25.8 Å². The number of nitrogens with zero attached hydrogens (tertiary/aromatic N) is 3. The molecule has 0 aliphatic carbocycles. The number of carboxylic acid groups (broad SMARTS) is 1. The van der Waals surface area contributed by atoms with Crippen LogP contribution < -0.4 is 5.32 Å². The lowest BCUT2D eigenvalue weighted by molar-refractivity contribution is -0.118. The number of aromatic carboxylic acids is 1. The van der Waals surface area contributed by atoms with Crippen LogP contribution in [0.5, 0.6) is 0 Å². The topological polar surface area (TPSA) is 109 Å². The van der Waals surface area contributed by atoms with Crippen LogP contribution >= 0.6 is 0 Å². The molecule has 1 saturated heterocycles. The first-order valence-corrected chi connectivity index (χ1v) is 8.20. The van der Waals surface area contributed by atoms with Crippen molar-refractivity contribution in [2.24, 2.45) is 0 Å². The molecule has 0 radical (unpaired) electrons. The van der Waals surface area contributed by atoms with Crippen LogP contribution in [0.2, 0.25) is 0 Å². The van der Waals surface area contributed by atoms with Gasteiger partial charge in [0.05, 0.1) is 18.2 Å². The van der Waals surface area contributed by atoms with Gasteiger partial charge < -0.3 is 14.9 Å². The molecule has 1 aliphatic rings. The number of nitrogens with one attached hydrogen (secondary N) is 1. The summed E-state index contributed by atoms with van der Waals surface area (Å²) in [5, 5.41) is 15.6. The van der Waals surface area contributed by atoms with E-state index in [1.54, 1.807) is 19.1 Å². The minimum atomic E-state index is -1.03. The Bertz CT molecular complexity index is 774. The van der Waals surface area contributed by atoms with Crippen molar-refractivity contribution in [1.82, 2.24) is 15.0 Å². The van der Waals surface area contributed by atoms with E-state index >= 15 is 0 Å². The van der Waals surface area contributed by atoms with E-state index < -0.39 is 5.97 Å². The third kappa shape index (κ3) is 4.21. The molecule has 3 rings (SSSR count). The van der Waals surface area contributed by atoms with E-state index in [4.69, 9.17) is 9.63 Å². The number of amides is 1. The maximum absolute atomic E-state index is 12.4. The molecular weight excluding hydrogens is 324 g/mol. The number of carbonyl (C=O) groups is 2. The summed E-state index contributed by atoms with van der Waals surface area (Å²) in [5.41, 5.74) is 0.599. The van der Waals surface area contributed by atoms with Crippen molar-refractivity contribution in [3.8, 4) is 0 Å². The molecule has 2 N–H and O–H groups in total. The minimum absolute atomic E-state index is 0.0638.